The molecular weight excluding hydrogens is 332 g/mol. The largest absolute Gasteiger partial charge is 0.495 e. The minimum absolute atomic E-state index is 0.392. The summed E-state index contributed by atoms with van der Waals surface area (Å²) in [5.41, 5.74) is 8.07. The zero-order chi connectivity index (χ0) is 15.2. The van der Waals surface area contributed by atoms with E-state index in [0.717, 1.165) is 21.3 Å². The van der Waals surface area contributed by atoms with E-state index in [1.807, 2.05) is 24.3 Å². The van der Waals surface area contributed by atoms with Crippen LogP contribution in [0.25, 0.3) is 0 Å². The molecule has 2 N–H and O–H groups in total. The molecule has 0 saturated heterocycles. The van der Waals surface area contributed by atoms with Gasteiger partial charge in [0.1, 0.15) is 24.2 Å². The summed E-state index contributed by atoms with van der Waals surface area (Å²) >= 11 is 3.46. The molecule has 4 nitrogen and oxygen atoms in total. The fraction of sp³-hybridized carbons (Fsp3) is 0.188. The Kier molecular flexibility index (Phi) is 5.20. The highest BCUT2D eigenvalue weighted by atomic mass is 79.9. The predicted molar refractivity (Wildman–Crippen MR) is 84.1 cm³/mol. The number of benzene rings is 2. The van der Waals surface area contributed by atoms with E-state index in [-0.39, 0.29) is 0 Å². The molecule has 0 heterocycles. The van der Waals surface area contributed by atoms with Gasteiger partial charge in [0.2, 0.25) is 0 Å². The third-order valence-corrected chi connectivity index (χ3v) is 3.63. The summed E-state index contributed by atoms with van der Waals surface area (Å²) in [6, 6.07) is 13.2. The summed E-state index contributed by atoms with van der Waals surface area (Å²) in [5.74, 6) is 1.30. The second-order valence-electron chi connectivity index (χ2n) is 4.40. The van der Waals surface area contributed by atoms with Crippen molar-refractivity contribution in [3.63, 3.8) is 0 Å². The Labute approximate surface area is 132 Å². The molecule has 2 aromatic carbocycles. The molecule has 0 aromatic heterocycles. The van der Waals surface area contributed by atoms with Crippen molar-refractivity contribution in [3.05, 3.63) is 57.6 Å². The van der Waals surface area contributed by atoms with Gasteiger partial charge < -0.3 is 15.2 Å². The van der Waals surface area contributed by atoms with Gasteiger partial charge in [0, 0.05) is 6.54 Å². The van der Waals surface area contributed by atoms with Crippen molar-refractivity contribution in [2.24, 2.45) is 5.73 Å². The summed E-state index contributed by atoms with van der Waals surface area (Å²) < 4.78 is 11.8. The average Bonchev–Trinajstić information content (AvgIpc) is 2.53. The zero-order valence-electron chi connectivity index (χ0n) is 11.6. The molecule has 0 atom stereocenters. The summed E-state index contributed by atoms with van der Waals surface area (Å²) in [5, 5.41) is 8.96. The molecule has 108 valence electrons. The van der Waals surface area contributed by atoms with Crippen molar-refractivity contribution in [2.75, 3.05) is 7.11 Å². The number of rotatable bonds is 5. The Morgan fingerprint density at radius 2 is 1.90 bits per heavy atom. The van der Waals surface area contributed by atoms with Crippen molar-refractivity contribution in [2.45, 2.75) is 13.2 Å². The Hall–Kier alpha value is -2.03. The van der Waals surface area contributed by atoms with Crippen molar-refractivity contribution in [1.29, 1.82) is 5.26 Å². The van der Waals surface area contributed by atoms with Crippen LogP contribution in [-0.2, 0) is 13.2 Å². The summed E-state index contributed by atoms with van der Waals surface area (Å²) in [7, 11) is 1.54. The standard InChI is InChI=1S/C16H15BrN2O2/c1-20-16-7-12(2-4-13(16)9-19)10-21-15-5-3-11(8-18)6-14(15)17/h2-7H,8,10,18H2,1H3. The molecule has 0 amide bonds. The lowest BCUT2D eigenvalue weighted by molar-refractivity contribution is 0.303. The van der Waals surface area contributed by atoms with Crippen LogP contribution < -0.4 is 15.2 Å². The predicted octanol–water partition coefficient (Wildman–Crippen LogP) is 3.37. The summed E-state index contributed by atoms with van der Waals surface area (Å²) in [6.07, 6.45) is 0. The molecular formula is C16H15BrN2O2. The first kappa shape index (κ1) is 15.4. The first-order valence-electron chi connectivity index (χ1n) is 6.36. The summed E-state index contributed by atoms with van der Waals surface area (Å²) in [6.45, 7) is 0.883. The molecule has 0 saturated carbocycles. The number of ether oxygens (including phenoxy) is 2. The number of hydrogen-bond donors (Lipinski definition) is 1. The van der Waals surface area contributed by atoms with E-state index in [0.29, 0.717) is 24.5 Å². The maximum absolute atomic E-state index is 8.96. The van der Waals surface area contributed by atoms with Gasteiger partial charge in [-0.3, -0.25) is 0 Å². The van der Waals surface area contributed by atoms with Gasteiger partial charge in [0.25, 0.3) is 0 Å². The van der Waals surface area contributed by atoms with Crippen LogP contribution in [0, 0.1) is 11.3 Å². The van der Waals surface area contributed by atoms with Gasteiger partial charge in [-0.1, -0.05) is 12.1 Å². The molecule has 0 aliphatic carbocycles. The molecule has 2 rings (SSSR count). The molecule has 0 fully saturated rings. The SMILES string of the molecule is COc1cc(COc2ccc(CN)cc2Br)ccc1C#N. The van der Waals surface area contributed by atoms with Crippen molar-refractivity contribution < 1.29 is 9.47 Å². The number of nitrogens with zero attached hydrogens (tertiary/aromatic N) is 1. The quantitative estimate of drug-likeness (QED) is 0.901. The third-order valence-electron chi connectivity index (χ3n) is 3.01. The van der Waals surface area contributed by atoms with Crippen LogP contribution in [0.3, 0.4) is 0 Å². The number of nitrogens with two attached hydrogens (primary N) is 1. The lowest BCUT2D eigenvalue weighted by Gasteiger charge is -2.11. The van der Waals surface area contributed by atoms with E-state index in [2.05, 4.69) is 22.0 Å². The van der Waals surface area contributed by atoms with Gasteiger partial charge >= 0.3 is 0 Å². The molecule has 0 spiro atoms. The maximum Gasteiger partial charge on any atom is 0.137 e. The minimum Gasteiger partial charge on any atom is -0.495 e. The van der Waals surface area contributed by atoms with E-state index in [9.17, 15) is 0 Å². The Bertz CT molecular complexity index is 680. The number of halogens is 1. The van der Waals surface area contributed by atoms with Gasteiger partial charge in [0.05, 0.1) is 17.1 Å². The molecule has 0 radical (unpaired) electrons. The first-order chi connectivity index (χ1) is 10.2. The normalized spacial score (nSPS) is 10.0. The van der Waals surface area contributed by atoms with Gasteiger partial charge in [0.15, 0.2) is 0 Å². The molecule has 0 aliphatic heterocycles. The number of methoxy groups -OCH3 is 1. The topological polar surface area (TPSA) is 68.3 Å². The molecule has 0 aliphatic rings. The molecule has 2 aromatic rings. The number of nitriles is 1. The first-order valence-corrected chi connectivity index (χ1v) is 7.15. The van der Waals surface area contributed by atoms with Crippen LogP contribution >= 0.6 is 15.9 Å². The van der Waals surface area contributed by atoms with E-state index >= 15 is 0 Å². The van der Waals surface area contributed by atoms with Crippen LogP contribution in [0.1, 0.15) is 16.7 Å². The molecule has 21 heavy (non-hydrogen) atoms. The average molecular weight is 347 g/mol. The zero-order valence-corrected chi connectivity index (χ0v) is 13.2. The molecule has 0 unspecified atom stereocenters. The van der Waals surface area contributed by atoms with Crippen LogP contribution in [0.4, 0.5) is 0 Å². The smallest absolute Gasteiger partial charge is 0.137 e. The third kappa shape index (κ3) is 3.75. The van der Waals surface area contributed by atoms with Crippen molar-refractivity contribution in [1.82, 2.24) is 0 Å². The van der Waals surface area contributed by atoms with Crippen molar-refractivity contribution >= 4 is 15.9 Å². The molecule has 5 heteroatoms. The van der Waals surface area contributed by atoms with Gasteiger partial charge in [-0.25, -0.2) is 0 Å². The van der Waals surface area contributed by atoms with Crippen LogP contribution in [0.15, 0.2) is 40.9 Å². The Morgan fingerprint density at radius 1 is 1.14 bits per heavy atom. The highest BCUT2D eigenvalue weighted by Crippen LogP contribution is 2.27. The minimum atomic E-state index is 0.392. The van der Waals surface area contributed by atoms with E-state index in [4.69, 9.17) is 20.5 Å². The fourth-order valence-electron chi connectivity index (χ4n) is 1.87. The highest BCUT2D eigenvalue weighted by molar-refractivity contribution is 9.10. The van der Waals surface area contributed by atoms with Gasteiger partial charge in [-0.15, -0.1) is 0 Å². The lowest BCUT2D eigenvalue weighted by Crippen LogP contribution is -2.00. The Balaban J connectivity index is 2.11. The van der Waals surface area contributed by atoms with Crippen molar-refractivity contribution in [3.8, 4) is 17.6 Å². The highest BCUT2D eigenvalue weighted by Gasteiger charge is 2.06. The maximum atomic E-state index is 8.96. The van der Waals surface area contributed by atoms with E-state index in [1.54, 1.807) is 19.2 Å². The number of hydrogen-bond acceptors (Lipinski definition) is 4. The lowest BCUT2D eigenvalue weighted by atomic mass is 10.1. The van der Waals surface area contributed by atoms with E-state index < -0.39 is 0 Å². The van der Waals surface area contributed by atoms with Gasteiger partial charge in [-0.2, -0.15) is 5.26 Å². The van der Waals surface area contributed by atoms with Crippen LogP contribution in [0.2, 0.25) is 0 Å². The Morgan fingerprint density at radius 3 is 2.52 bits per heavy atom. The fourth-order valence-corrected chi connectivity index (χ4v) is 2.41. The molecule has 0 bridgehead atoms. The van der Waals surface area contributed by atoms with E-state index in [1.165, 1.54) is 0 Å². The second kappa shape index (κ2) is 7.11. The second-order valence-corrected chi connectivity index (χ2v) is 5.26. The van der Waals surface area contributed by atoms with Gasteiger partial charge in [-0.05, 0) is 51.3 Å². The van der Waals surface area contributed by atoms with Crippen LogP contribution in [-0.4, -0.2) is 7.11 Å². The van der Waals surface area contributed by atoms with Crippen LogP contribution in [0.5, 0.6) is 11.5 Å². The summed E-state index contributed by atoms with van der Waals surface area (Å²) in [4.78, 5) is 0. The monoisotopic (exact) mass is 346 g/mol.